The molecular formula is C12H11ClN2O2. The Morgan fingerprint density at radius 1 is 1.41 bits per heavy atom. The van der Waals surface area contributed by atoms with Gasteiger partial charge in [-0.1, -0.05) is 17.7 Å². The van der Waals surface area contributed by atoms with Crippen LogP contribution in [0.15, 0.2) is 41.2 Å². The summed E-state index contributed by atoms with van der Waals surface area (Å²) in [5, 5.41) is 3.11. The first-order chi connectivity index (χ1) is 8.18. The second kappa shape index (κ2) is 4.93. The van der Waals surface area contributed by atoms with Gasteiger partial charge in [-0.05, 0) is 18.2 Å². The molecule has 0 atom stereocenters. The summed E-state index contributed by atoms with van der Waals surface area (Å²) in [5.41, 5.74) is 7.28. The predicted octanol–water partition coefficient (Wildman–Crippen LogP) is 2.45. The SMILES string of the molecule is Nc1c(Cl)cccc1C(=O)NCc1ccoc1. The molecule has 0 fully saturated rings. The standard InChI is InChI=1S/C12H11ClN2O2/c13-10-3-1-2-9(11(10)14)12(16)15-6-8-4-5-17-7-8/h1-5,7H,6,14H2,(H,15,16). The van der Waals surface area contributed by atoms with Gasteiger partial charge in [0.2, 0.25) is 0 Å². The Bertz CT molecular complexity index is 523. The van der Waals surface area contributed by atoms with Crippen molar-refractivity contribution < 1.29 is 9.21 Å². The van der Waals surface area contributed by atoms with Gasteiger partial charge in [-0.25, -0.2) is 0 Å². The fourth-order valence-electron chi connectivity index (χ4n) is 1.41. The third-order valence-corrected chi connectivity index (χ3v) is 2.66. The van der Waals surface area contributed by atoms with E-state index in [-0.39, 0.29) is 5.91 Å². The summed E-state index contributed by atoms with van der Waals surface area (Å²) < 4.78 is 4.90. The molecule has 4 nitrogen and oxygen atoms in total. The molecule has 1 heterocycles. The first kappa shape index (κ1) is 11.5. The number of benzene rings is 1. The molecule has 0 aliphatic heterocycles. The normalized spacial score (nSPS) is 10.2. The fraction of sp³-hybridized carbons (Fsp3) is 0.0833. The monoisotopic (exact) mass is 250 g/mol. The first-order valence-corrected chi connectivity index (χ1v) is 5.39. The van der Waals surface area contributed by atoms with E-state index < -0.39 is 0 Å². The van der Waals surface area contributed by atoms with E-state index in [0.717, 1.165) is 5.56 Å². The molecule has 0 saturated carbocycles. The van der Waals surface area contributed by atoms with Crippen LogP contribution in [0.25, 0.3) is 0 Å². The maximum atomic E-state index is 11.8. The molecule has 0 spiro atoms. The van der Waals surface area contributed by atoms with Gasteiger partial charge >= 0.3 is 0 Å². The molecule has 1 aromatic carbocycles. The highest BCUT2D eigenvalue weighted by molar-refractivity contribution is 6.33. The van der Waals surface area contributed by atoms with Gasteiger partial charge in [0.15, 0.2) is 0 Å². The number of para-hydroxylation sites is 1. The zero-order valence-electron chi connectivity index (χ0n) is 8.94. The number of hydrogen-bond acceptors (Lipinski definition) is 3. The van der Waals surface area contributed by atoms with Crippen LogP contribution in [0, 0.1) is 0 Å². The lowest BCUT2D eigenvalue weighted by Crippen LogP contribution is -2.23. The number of nitrogens with one attached hydrogen (secondary N) is 1. The van der Waals surface area contributed by atoms with Crippen molar-refractivity contribution in [2.75, 3.05) is 5.73 Å². The van der Waals surface area contributed by atoms with Gasteiger partial charge in [0.25, 0.3) is 5.91 Å². The molecule has 0 radical (unpaired) electrons. The van der Waals surface area contributed by atoms with E-state index in [4.69, 9.17) is 21.8 Å². The largest absolute Gasteiger partial charge is 0.472 e. The van der Waals surface area contributed by atoms with Gasteiger partial charge in [0, 0.05) is 12.1 Å². The number of carbonyl (C=O) groups is 1. The number of nitrogens with two attached hydrogens (primary N) is 1. The van der Waals surface area contributed by atoms with E-state index in [0.29, 0.717) is 22.8 Å². The minimum Gasteiger partial charge on any atom is -0.472 e. The minimum absolute atomic E-state index is 0.258. The minimum atomic E-state index is -0.258. The van der Waals surface area contributed by atoms with E-state index in [2.05, 4.69) is 5.32 Å². The molecular weight excluding hydrogens is 240 g/mol. The predicted molar refractivity (Wildman–Crippen MR) is 65.7 cm³/mol. The molecule has 3 N–H and O–H groups in total. The van der Waals surface area contributed by atoms with Crippen LogP contribution < -0.4 is 11.1 Å². The number of furan rings is 1. The molecule has 88 valence electrons. The Kier molecular flexibility index (Phi) is 3.35. The summed E-state index contributed by atoms with van der Waals surface area (Å²) in [5.74, 6) is -0.258. The number of amides is 1. The number of nitrogen functional groups attached to an aromatic ring is 1. The Labute approximate surface area is 103 Å². The van der Waals surface area contributed by atoms with Gasteiger partial charge in [0.05, 0.1) is 28.8 Å². The Morgan fingerprint density at radius 3 is 2.94 bits per heavy atom. The lowest BCUT2D eigenvalue weighted by Gasteiger charge is -2.07. The highest BCUT2D eigenvalue weighted by Gasteiger charge is 2.11. The Morgan fingerprint density at radius 2 is 2.24 bits per heavy atom. The van der Waals surface area contributed by atoms with E-state index in [1.807, 2.05) is 0 Å². The molecule has 0 saturated heterocycles. The summed E-state index contributed by atoms with van der Waals surface area (Å²) in [4.78, 5) is 11.8. The zero-order valence-corrected chi connectivity index (χ0v) is 9.70. The van der Waals surface area contributed by atoms with Crippen molar-refractivity contribution in [2.45, 2.75) is 6.54 Å². The van der Waals surface area contributed by atoms with E-state index >= 15 is 0 Å². The topological polar surface area (TPSA) is 68.3 Å². The van der Waals surface area contributed by atoms with Crippen molar-refractivity contribution >= 4 is 23.2 Å². The van der Waals surface area contributed by atoms with Crippen LogP contribution in [0.5, 0.6) is 0 Å². The number of hydrogen-bond donors (Lipinski definition) is 2. The molecule has 0 aliphatic carbocycles. The lowest BCUT2D eigenvalue weighted by atomic mass is 10.1. The quantitative estimate of drug-likeness (QED) is 0.822. The van der Waals surface area contributed by atoms with Crippen molar-refractivity contribution in [3.8, 4) is 0 Å². The van der Waals surface area contributed by atoms with Crippen molar-refractivity contribution in [3.63, 3.8) is 0 Å². The van der Waals surface area contributed by atoms with E-state index in [9.17, 15) is 4.79 Å². The molecule has 17 heavy (non-hydrogen) atoms. The first-order valence-electron chi connectivity index (χ1n) is 5.01. The molecule has 2 rings (SSSR count). The molecule has 0 aliphatic rings. The average Bonchev–Trinajstić information content (AvgIpc) is 2.82. The summed E-state index contributed by atoms with van der Waals surface area (Å²) in [6.07, 6.45) is 3.12. The number of anilines is 1. The van der Waals surface area contributed by atoms with Crippen LogP contribution in [-0.4, -0.2) is 5.91 Å². The van der Waals surface area contributed by atoms with Crippen molar-refractivity contribution in [1.82, 2.24) is 5.32 Å². The highest BCUT2D eigenvalue weighted by Crippen LogP contribution is 2.22. The molecule has 5 heteroatoms. The molecule has 2 aromatic rings. The highest BCUT2D eigenvalue weighted by atomic mass is 35.5. The van der Waals surface area contributed by atoms with Crippen LogP contribution in [0.3, 0.4) is 0 Å². The Balaban J connectivity index is 2.07. The van der Waals surface area contributed by atoms with Gasteiger partial charge < -0.3 is 15.5 Å². The molecule has 1 amide bonds. The maximum absolute atomic E-state index is 11.8. The third-order valence-electron chi connectivity index (χ3n) is 2.33. The lowest BCUT2D eigenvalue weighted by molar-refractivity contribution is 0.0952. The fourth-order valence-corrected chi connectivity index (χ4v) is 1.58. The van der Waals surface area contributed by atoms with Gasteiger partial charge in [0.1, 0.15) is 0 Å². The summed E-state index contributed by atoms with van der Waals surface area (Å²) in [7, 11) is 0. The van der Waals surface area contributed by atoms with Crippen molar-refractivity contribution in [2.24, 2.45) is 0 Å². The smallest absolute Gasteiger partial charge is 0.253 e. The summed E-state index contributed by atoms with van der Waals surface area (Å²) in [6, 6.07) is 6.74. The van der Waals surface area contributed by atoms with Crippen LogP contribution in [0.2, 0.25) is 5.02 Å². The second-order valence-electron chi connectivity index (χ2n) is 3.52. The van der Waals surface area contributed by atoms with Gasteiger partial charge in [-0.3, -0.25) is 4.79 Å². The number of rotatable bonds is 3. The van der Waals surface area contributed by atoms with Gasteiger partial charge in [-0.15, -0.1) is 0 Å². The van der Waals surface area contributed by atoms with Crippen LogP contribution >= 0.6 is 11.6 Å². The van der Waals surface area contributed by atoms with E-state index in [1.54, 1.807) is 36.8 Å². The second-order valence-corrected chi connectivity index (χ2v) is 3.92. The van der Waals surface area contributed by atoms with E-state index in [1.165, 1.54) is 0 Å². The summed E-state index contributed by atoms with van der Waals surface area (Å²) in [6.45, 7) is 0.390. The molecule has 0 unspecified atom stereocenters. The van der Waals surface area contributed by atoms with Crippen LogP contribution in [-0.2, 0) is 6.54 Å². The third kappa shape index (κ3) is 2.60. The molecule has 0 bridgehead atoms. The van der Waals surface area contributed by atoms with Crippen molar-refractivity contribution in [3.05, 3.63) is 52.9 Å². The maximum Gasteiger partial charge on any atom is 0.253 e. The average molecular weight is 251 g/mol. The van der Waals surface area contributed by atoms with Crippen LogP contribution in [0.1, 0.15) is 15.9 Å². The number of halogens is 1. The molecule has 1 aromatic heterocycles. The Hall–Kier alpha value is -1.94. The number of carbonyl (C=O) groups excluding carboxylic acids is 1. The van der Waals surface area contributed by atoms with Crippen molar-refractivity contribution in [1.29, 1.82) is 0 Å². The van der Waals surface area contributed by atoms with Gasteiger partial charge in [-0.2, -0.15) is 0 Å². The zero-order chi connectivity index (χ0) is 12.3. The van der Waals surface area contributed by atoms with Crippen LogP contribution in [0.4, 0.5) is 5.69 Å². The summed E-state index contributed by atoms with van der Waals surface area (Å²) >= 11 is 5.84.